The van der Waals surface area contributed by atoms with Crippen molar-refractivity contribution in [3.05, 3.63) is 11.6 Å². The van der Waals surface area contributed by atoms with E-state index in [2.05, 4.69) is 24.8 Å². The second kappa shape index (κ2) is 7.05. The summed E-state index contributed by atoms with van der Waals surface area (Å²) in [5.41, 5.74) is 1.36. The van der Waals surface area contributed by atoms with Crippen LogP contribution in [0.1, 0.15) is 26.7 Å². The van der Waals surface area contributed by atoms with Gasteiger partial charge in [0, 0.05) is 32.8 Å². The Labute approximate surface area is 98.8 Å². The zero-order chi connectivity index (χ0) is 12.0. The van der Waals surface area contributed by atoms with Gasteiger partial charge in [-0.05, 0) is 38.5 Å². The van der Waals surface area contributed by atoms with E-state index >= 15 is 0 Å². The lowest BCUT2D eigenvalue weighted by Gasteiger charge is -2.36. The molecule has 1 aliphatic rings. The fourth-order valence-corrected chi connectivity index (χ4v) is 2.41. The molecule has 3 nitrogen and oxygen atoms in total. The highest BCUT2D eigenvalue weighted by Gasteiger charge is 2.25. The molecule has 1 aliphatic heterocycles. The summed E-state index contributed by atoms with van der Waals surface area (Å²) in [7, 11) is 0. The van der Waals surface area contributed by atoms with Crippen LogP contribution < -0.4 is 0 Å². The Kier molecular flexibility index (Phi) is 6.03. The molecule has 0 unspecified atom stereocenters. The number of piperidine rings is 1. The van der Waals surface area contributed by atoms with Gasteiger partial charge in [0.25, 0.3) is 0 Å². The predicted molar refractivity (Wildman–Crippen MR) is 66.3 cm³/mol. The van der Waals surface area contributed by atoms with E-state index in [0.29, 0.717) is 11.8 Å². The SMILES string of the molecule is CC(C)=CCCN1C[C@H](CO)C[C@H](CO)C1. The molecule has 0 radical (unpaired) electrons. The van der Waals surface area contributed by atoms with Gasteiger partial charge in [-0.3, -0.25) is 0 Å². The Bertz CT molecular complexity index is 212. The number of likely N-dealkylation sites (tertiary alicyclic amines) is 1. The molecular formula is C13H25NO2. The van der Waals surface area contributed by atoms with Crippen LogP contribution in [0.4, 0.5) is 0 Å². The molecular weight excluding hydrogens is 202 g/mol. The first-order valence-electron chi connectivity index (χ1n) is 6.23. The lowest BCUT2D eigenvalue weighted by atomic mass is 9.90. The minimum atomic E-state index is 0.246. The van der Waals surface area contributed by atoms with Crippen LogP contribution in [0.2, 0.25) is 0 Å². The van der Waals surface area contributed by atoms with Crippen LogP contribution in [0.3, 0.4) is 0 Å². The first-order valence-corrected chi connectivity index (χ1v) is 6.23. The van der Waals surface area contributed by atoms with Crippen molar-refractivity contribution in [2.45, 2.75) is 26.7 Å². The minimum absolute atomic E-state index is 0.246. The Hall–Kier alpha value is -0.380. The average molecular weight is 227 g/mol. The van der Waals surface area contributed by atoms with E-state index < -0.39 is 0 Å². The first kappa shape index (κ1) is 13.7. The van der Waals surface area contributed by atoms with Crippen molar-refractivity contribution in [3.8, 4) is 0 Å². The van der Waals surface area contributed by atoms with Gasteiger partial charge in [-0.25, -0.2) is 0 Å². The molecule has 0 aromatic carbocycles. The maximum Gasteiger partial charge on any atom is 0.0471 e. The number of allylic oxidation sites excluding steroid dienone is 1. The number of hydrogen-bond acceptors (Lipinski definition) is 3. The predicted octanol–water partition coefficient (Wildman–Crippen LogP) is 1.27. The van der Waals surface area contributed by atoms with Gasteiger partial charge in [-0.15, -0.1) is 0 Å². The molecule has 1 rings (SSSR count). The van der Waals surface area contributed by atoms with Crippen LogP contribution >= 0.6 is 0 Å². The molecule has 0 aliphatic carbocycles. The normalized spacial score (nSPS) is 26.8. The zero-order valence-corrected chi connectivity index (χ0v) is 10.5. The fraction of sp³-hybridized carbons (Fsp3) is 0.846. The molecule has 0 amide bonds. The summed E-state index contributed by atoms with van der Waals surface area (Å²) in [6.45, 7) is 7.71. The number of hydrogen-bond donors (Lipinski definition) is 2. The minimum Gasteiger partial charge on any atom is -0.396 e. The highest BCUT2D eigenvalue weighted by atomic mass is 16.3. The maximum absolute atomic E-state index is 9.22. The smallest absolute Gasteiger partial charge is 0.0471 e. The van der Waals surface area contributed by atoms with Gasteiger partial charge < -0.3 is 15.1 Å². The number of rotatable bonds is 5. The molecule has 3 heteroatoms. The molecule has 0 bridgehead atoms. The molecule has 0 spiro atoms. The van der Waals surface area contributed by atoms with Crippen molar-refractivity contribution in [3.63, 3.8) is 0 Å². The van der Waals surface area contributed by atoms with Crippen LogP contribution in [-0.2, 0) is 0 Å². The van der Waals surface area contributed by atoms with Crippen molar-refractivity contribution < 1.29 is 10.2 Å². The highest BCUT2D eigenvalue weighted by Crippen LogP contribution is 2.21. The summed E-state index contributed by atoms with van der Waals surface area (Å²) in [6.07, 6.45) is 4.28. The molecule has 1 fully saturated rings. The van der Waals surface area contributed by atoms with Crippen molar-refractivity contribution >= 4 is 0 Å². The van der Waals surface area contributed by atoms with Gasteiger partial charge in [-0.2, -0.15) is 0 Å². The fourth-order valence-electron chi connectivity index (χ4n) is 2.41. The lowest BCUT2D eigenvalue weighted by molar-refractivity contribution is 0.0590. The molecule has 0 aromatic heterocycles. The van der Waals surface area contributed by atoms with Gasteiger partial charge in [0.05, 0.1) is 0 Å². The third-order valence-electron chi connectivity index (χ3n) is 3.21. The monoisotopic (exact) mass is 227 g/mol. The van der Waals surface area contributed by atoms with Crippen LogP contribution in [-0.4, -0.2) is 48.0 Å². The van der Waals surface area contributed by atoms with Crippen LogP contribution in [0.5, 0.6) is 0 Å². The van der Waals surface area contributed by atoms with E-state index in [1.54, 1.807) is 0 Å². The van der Waals surface area contributed by atoms with Gasteiger partial charge in [0.15, 0.2) is 0 Å². The summed E-state index contributed by atoms with van der Waals surface area (Å²) in [4.78, 5) is 2.37. The van der Waals surface area contributed by atoms with Crippen molar-refractivity contribution in [1.29, 1.82) is 0 Å². The molecule has 94 valence electrons. The van der Waals surface area contributed by atoms with Crippen LogP contribution in [0.15, 0.2) is 11.6 Å². The van der Waals surface area contributed by atoms with Crippen LogP contribution in [0.25, 0.3) is 0 Å². The van der Waals surface area contributed by atoms with Crippen molar-refractivity contribution in [1.82, 2.24) is 4.90 Å². The van der Waals surface area contributed by atoms with E-state index in [4.69, 9.17) is 0 Å². The van der Waals surface area contributed by atoms with Gasteiger partial charge in [0.1, 0.15) is 0 Å². The lowest BCUT2D eigenvalue weighted by Crippen LogP contribution is -2.43. The molecule has 2 N–H and O–H groups in total. The Morgan fingerprint density at radius 2 is 1.75 bits per heavy atom. The molecule has 1 heterocycles. The van der Waals surface area contributed by atoms with Crippen LogP contribution in [0, 0.1) is 11.8 Å². The molecule has 2 atom stereocenters. The third kappa shape index (κ3) is 4.64. The first-order chi connectivity index (χ1) is 7.65. The second-order valence-electron chi connectivity index (χ2n) is 5.16. The molecule has 0 saturated carbocycles. The average Bonchev–Trinajstić information content (AvgIpc) is 2.28. The Morgan fingerprint density at radius 1 is 1.19 bits per heavy atom. The highest BCUT2D eigenvalue weighted by molar-refractivity contribution is 4.93. The summed E-state index contributed by atoms with van der Waals surface area (Å²) >= 11 is 0. The summed E-state index contributed by atoms with van der Waals surface area (Å²) < 4.78 is 0. The van der Waals surface area contributed by atoms with E-state index in [9.17, 15) is 10.2 Å². The summed E-state index contributed by atoms with van der Waals surface area (Å²) in [6, 6.07) is 0. The van der Waals surface area contributed by atoms with E-state index in [-0.39, 0.29) is 13.2 Å². The van der Waals surface area contributed by atoms with E-state index in [0.717, 1.165) is 32.5 Å². The maximum atomic E-state index is 9.22. The topological polar surface area (TPSA) is 43.7 Å². The van der Waals surface area contributed by atoms with Gasteiger partial charge in [0.2, 0.25) is 0 Å². The quantitative estimate of drug-likeness (QED) is 0.695. The summed E-state index contributed by atoms with van der Waals surface area (Å²) in [5.74, 6) is 0.690. The Balaban J connectivity index is 2.37. The largest absolute Gasteiger partial charge is 0.396 e. The number of nitrogens with zero attached hydrogens (tertiary/aromatic N) is 1. The zero-order valence-electron chi connectivity index (χ0n) is 10.5. The molecule has 0 aromatic rings. The van der Waals surface area contributed by atoms with Crippen molar-refractivity contribution in [2.75, 3.05) is 32.8 Å². The van der Waals surface area contributed by atoms with E-state index in [1.165, 1.54) is 5.57 Å². The number of aliphatic hydroxyl groups excluding tert-OH is 2. The summed E-state index contributed by atoms with van der Waals surface area (Å²) in [5, 5.41) is 18.4. The third-order valence-corrected chi connectivity index (χ3v) is 3.21. The second-order valence-corrected chi connectivity index (χ2v) is 5.16. The van der Waals surface area contributed by atoms with Gasteiger partial charge in [-0.1, -0.05) is 11.6 Å². The number of aliphatic hydroxyl groups is 2. The molecule has 1 saturated heterocycles. The van der Waals surface area contributed by atoms with Gasteiger partial charge >= 0.3 is 0 Å². The van der Waals surface area contributed by atoms with E-state index in [1.807, 2.05) is 0 Å². The standard InChI is InChI=1S/C13H25NO2/c1-11(2)4-3-5-14-7-12(9-15)6-13(8-14)10-16/h4,12-13,15-16H,3,5-10H2,1-2H3/t12-,13+. The Morgan fingerprint density at radius 3 is 2.19 bits per heavy atom. The van der Waals surface area contributed by atoms with Crippen molar-refractivity contribution in [2.24, 2.45) is 11.8 Å². The molecule has 16 heavy (non-hydrogen) atoms.